The SMILES string of the molecule is CCCCCCN(CCNC(=O)c1ccc(O)c(O)c1)CC1=C(C(=O)O)N2C(=O)C(NC(=O)/C(=N\OC(C)(C)C(=O)O)c3nsc(N)n3)C2SC1. The third-order valence-corrected chi connectivity index (χ3v) is 9.86. The summed E-state index contributed by atoms with van der Waals surface area (Å²) in [6, 6.07) is 2.59. The number of carboxylic acid groups (broad SMARTS) is 2. The van der Waals surface area contributed by atoms with Gasteiger partial charge in [0.05, 0.1) is 0 Å². The number of aliphatic carboxylic acids is 2. The van der Waals surface area contributed by atoms with E-state index in [4.69, 9.17) is 10.6 Å². The number of phenols is 2. The number of oxime groups is 1. The normalized spacial score (nSPS) is 17.5. The zero-order valence-electron chi connectivity index (χ0n) is 28.1. The van der Waals surface area contributed by atoms with Gasteiger partial charge in [-0.15, -0.1) is 11.8 Å². The number of anilines is 1. The molecule has 0 radical (unpaired) electrons. The topological polar surface area (TPSA) is 270 Å². The Balaban J connectivity index is 1.48. The summed E-state index contributed by atoms with van der Waals surface area (Å²) in [4.78, 5) is 75.7. The first-order chi connectivity index (χ1) is 24.1. The lowest BCUT2D eigenvalue weighted by Crippen LogP contribution is -2.71. The highest BCUT2D eigenvalue weighted by Crippen LogP contribution is 2.40. The van der Waals surface area contributed by atoms with Gasteiger partial charge in [0, 0.05) is 42.5 Å². The van der Waals surface area contributed by atoms with E-state index < -0.39 is 58.1 Å². The first kappa shape index (κ1) is 38.8. The molecule has 2 aromatic rings. The number of carboxylic acids is 2. The Bertz CT molecular complexity index is 1730. The number of carbonyl (C=O) groups is 5. The molecule has 0 aliphatic carbocycles. The molecular formula is C31H40N8O10S2. The van der Waals surface area contributed by atoms with Crippen LogP contribution >= 0.6 is 23.3 Å². The van der Waals surface area contributed by atoms with Crippen LogP contribution in [-0.2, 0) is 24.0 Å². The van der Waals surface area contributed by atoms with Crippen LogP contribution in [0.15, 0.2) is 34.6 Å². The molecule has 1 aromatic heterocycles. The lowest BCUT2D eigenvalue weighted by molar-refractivity contribution is -0.161. The number of amides is 3. The molecule has 2 aliphatic heterocycles. The summed E-state index contributed by atoms with van der Waals surface area (Å²) in [6.45, 7) is 5.88. The van der Waals surface area contributed by atoms with Gasteiger partial charge in [0.1, 0.15) is 17.1 Å². The number of unbranched alkanes of at least 4 members (excludes halogenated alkanes) is 3. The van der Waals surface area contributed by atoms with Gasteiger partial charge in [-0.25, -0.2) is 9.59 Å². The van der Waals surface area contributed by atoms with Crippen LogP contribution in [0.1, 0.15) is 62.6 Å². The van der Waals surface area contributed by atoms with Gasteiger partial charge in [0.15, 0.2) is 16.6 Å². The fraction of sp³-hybridized carbons (Fsp3) is 0.484. The third kappa shape index (κ3) is 9.44. The van der Waals surface area contributed by atoms with E-state index in [0.717, 1.165) is 48.2 Å². The Morgan fingerprint density at radius 2 is 1.88 bits per heavy atom. The third-order valence-electron chi connectivity index (χ3n) is 7.98. The second kappa shape index (κ2) is 16.8. The van der Waals surface area contributed by atoms with Crippen LogP contribution in [0, 0.1) is 0 Å². The summed E-state index contributed by atoms with van der Waals surface area (Å²) in [5.41, 5.74) is 3.77. The molecule has 2 atom stereocenters. The number of nitrogens with one attached hydrogen (secondary N) is 2. The first-order valence-corrected chi connectivity index (χ1v) is 17.8. The van der Waals surface area contributed by atoms with Crippen LogP contribution in [0.5, 0.6) is 11.5 Å². The van der Waals surface area contributed by atoms with Crippen LogP contribution in [0.25, 0.3) is 0 Å². The van der Waals surface area contributed by atoms with E-state index in [1.807, 2.05) is 4.90 Å². The Labute approximate surface area is 300 Å². The highest BCUT2D eigenvalue weighted by molar-refractivity contribution is 8.00. The molecule has 3 heterocycles. The van der Waals surface area contributed by atoms with Gasteiger partial charge in [-0.3, -0.25) is 24.2 Å². The fourth-order valence-corrected chi connectivity index (χ4v) is 6.89. The average molecular weight is 749 g/mol. The quantitative estimate of drug-likeness (QED) is 0.0371. The molecule has 1 aromatic carbocycles. The smallest absolute Gasteiger partial charge is 0.352 e. The molecule has 4 rings (SSSR count). The number of nitrogens with two attached hydrogens (primary N) is 1. The van der Waals surface area contributed by atoms with Crippen molar-refractivity contribution in [2.24, 2.45) is 5.16 Å². The first-order valence-electron chi connectivity index (χ1n) is 16.0. The maximum Gasteiger partial charge on any atom is 0.352 e. The summed E-state index contributed by atoms with van der Waals surface area (Å²) in [5.74, 6) is -5.55. The van der Waals surface area contributed by atoms with Gasteiger partial charge in [0.25, 0.3) is 17.7 Å². The average Bonchev–Trinajstić information content (AvgIpc) is 3.51. The minimum Gasteiger partial charge on any atom is -0.504 e. The monoisotopic (exact) mass is 748 g/mol. The summed E-state index contributed by atoms with van der Waals surface area (Å²) in [7, 11) is 0. The second-order valence-electron chi connectivity index (χ2n) is 12.2. The molecule has 0 spiro atoms. The predicted molar refractivity (Wildman–Crippen MR) is 186 cm³/mol. The number of fused-ring (bicyclic) bond motifs is 1. The number of nitrogen functional groups attached to an aromatic ring is 1. The van der Waals surface area contributed by atoms with Crippen molar-refractivity contribution in [1.29, 1.82) is 0 Å². The molecular weight excluding hydrogens is 709 g/mol. The number of β-lactam (4-membered cyclic amide) rings is 1. The predicted octanol–water partition coefficient (Wildman–Crippen LogP) is 1.17. The van der Waals surface area contributed by atoms with E-state index >= 15 is 0 Å². The fourth-order valence-electron chi connectivity index (χ4n) is 5.12. The van der Waals surface area contributed by atoms with Crippen molar-refractivity contribution >= 4 is 63.8 Å². The van der Waals surface area contributed by atoms with Gasteiger partial charge in [-0.2, -0.15) is 9.36 Å². The minimum absolute atomic E-state index is 0.0000831. The van der Waals surface area contributed by atoms with Gasteiger partial charge >= 0.3 is 11.9 Å². The molecule has 2 unspecified atom stereocenters. The lowest BCUT2D eigenvalue weighted by Gasteiger charge is -2.49. The van der Waals surface area contributed by atoms with Crippen LogP contribution in [0.4, 0.5) is 5.13 Å². The molecule has 0 saturated carbocycles. The highest BCUT2D eigenvalue weighted by atomic mass is 32.2. The zero-order valence-corrected chi connectivity index (χ0v) is 29.8. The molecule has 3 amide bonds. The number of aromatic nitrogens is 2. The molecule has 1 saturated heterocycles. The summed E-state index contributed by atoms with van der Waals surface area (Å²) >= 11 is 2.02. The van der Waals surface area contributed by atoms with Gasteiger partial charge in [-0.1, -0.05) is 31.3 Å². The van der Waals surface area contributed by atoms with Gasteiger partial charge in [0.2, 0.25) is 17.1 Å². The van der Waals surface area contributed by atoms with Crippen LogP contribution in [-0.4, -0.2) is 124 Å². The number of phenolic OH excluding ortho intramolecular Hbond substituents is 2. The molecule has 20 heteroatoms. The number of aromatic hydroxyl groups is 2. The second-order valence-corrected chi connectivity index (χ2v) is 14.1. The molecule has 1 fully saturated rings. The Kier molecular flexibility index (Phi) is 12.8. The van der Waals surface area contributed by atoms with E-state index in [0.29, 0.717) is 18.7 Å². The molecule has 51 heavy (non-hydrogen) atoms. The zero-order chi connectivity index (χ0) is 37.5. The van der Waals surface area contributed by atoms with Crippen molar-refractivity contribution in [1.82, 2.24) is 29.8 Å². The highest BCUT2D eigenvalue weighted by Gasteiger charge is 2.54. The number of carbonyl (C=O) groups excluding carboxylic acids is 3. The van der Waals surface area contributed by atoms with E-state index in [9.17, 15) is 44.4 Å². The molecule has 18 nitrogen and oxygen atoms in total. The maximum atomic E-state index is 13.4. The van der Waals surface area contributed by atoms with E-state index in [-0.39, 0.29) is 46.8 Å². The van der Waals surface area contributed by atoms with Crippen molar-refractivity contribution in [2.45, 2.75) is 63.5 Å². The number of rotatable bonds is 18. The number of thioether (sulfide) groups is 1. The van der Waals surface area contributed by atoms with E-state index in [1.165, 1.54) is 37.7 Å². The van der Waals surface area contributed by atoms with Crippen LogP contribution in [0.2, 0.25) is 0 Å². The number of hydrogen-bond donors (Lipinski definition) is 7. The maximum absolute atomic E-state index is 13.4. The van der Waals surface area contributed by atoms with Crippen molar-refractivity contribution in [3.8, 4) is 11.5 Å². The molecule has 276 valence electrons. The van der Waals surface area contributed by atoms with E-state index in [2.05, 4.69) is 32.1 Å². The van der Waals surface area contributed by atoms with Crippen molar-refractivity contribution in [2.75, 3.05) is 37.7 Å². The van der Waals surface area contributed by atoms with Crippen LogP contribution in [0.3, 0.4) is 0 Å². The Morgan fingerprint density at radius 1 is 1.14 bits per heavy atom. The summed E-state index contributed by atoms with van der Waals surface area (Å²) in [5, 5.41) is 47.1. The minimum atomic E-state index is -1.82. The van der Waals surface area contributed by atoms with Crippen LogP contribution < -0.4 is 16.4 Å². The Morgan fingerprint density at radius 3 is 2.51 bits per heavy atom. The summed E-state index contributed by atoms with van der Waals surface area (Å²) in [6.07, 6.45) is 3.82. The number of benzene rings is 1. The number of hydrogen-bond acceptors (Lipinski definition) is 15. The van der Waals surface area contributed by atoms with Crippen molar-refractivity contribution in [3.05, 3.63) is 40.9 Å². The van der Waals surface area contributed by atoms with E-state index in [1.54, 1.807) is 0 Å². The lowest BCUT2D eigenvalue weighted by atomic mass is 10.0. The Hall–Kier alpha value is -4.95. The number of nitrogens with zero attached hydrogens (tertiary/aromatic N) is 5. The van der Waals surface area contributed by atoms with Crippen molar-refractivity contribution < 1.29 is 49.2 Å². The van der Waals surface area contributed by atoms with Gasteiger partial charge < -0.3 is 41.6 Å². The van der Waals surface area contributed by atoms with Crippen molar-refractivity contribution in [3.63, 3.8) is 0 Å². The standard InChI is InChI=1S/C31H40N8O10S2/c1-4-5-6-7-11-38(12-10-33-24(42)16-8-9-18(40)19(41)13-16)14-17-15-50-27-21(26(44)39(27)22(17)28(45)46)34-25(43)20(23-35-30(32)51-37-23)36-49-31(2,3)29(47)48/h8-9,13,21,27,40-41H,4-7,10-12,14-15H2,1-3H3,(H,33,42)(H,34,43)(H,45,46)(H,47,48)(H2,32,35,37)/b36-20-. The van der Waals surface area contributed by atoms with Gasteiger partial charge in [-0.05, 0) is 50.6 Å². The summed E-state index contributed by atoms with van der Waals surface area (Å²) < 4.78 is 3.95. The largest absolute Gasteiger partial charge is 0.504 e. The molecule has 2 aliphatic rings. The molecule has 0 bridgehead atoms. The molecule has 8 N–H and O–H groups in total.